The summed E-state index contributed by atoms with van der Waals surface area (Å²) in [6.07, 6.45) is 0. The van der Waals surface area contributed by atoms with Crippen molar-refractivity contribution in [3.63, 3.8) is 0 Å². The maximum atomic E-state index is 6.45. The van der Waals surface area contributed by atoms with Gasteiger partial charge in [-0.25, -0.2) is 0 Å². The Labute approximate surface area is 184 Å². The molecule has 4 aromatic rings. The summed E-state index contributed by atoms with van der Waals surface area (Å²) in [5.74, 6) is 8.17. The third kappa shape index (κ3) is 3.73. The summed E-state index contributed by atoms with van der Waals surface area (Å²) in [6, 6.07) is 14.5. The highest BCUT2D eigenvalue weighted by Gasteiger charge is 2.22. The molecule has 2 nitrogen and oxygen atoms in total. The second kappa shape index (κ2) is 8.00. The molecule has 0 bridgehead atoms. The summed E-state index contributed by atoms with van der Waals surface area (Å²) in [6.45, 7) is 12.9. The first-order chi connectivity index (χ1) is 14.8. The van der Waals surface area contributed by atoms with E-state index in [1.165, 1.54) is 38.9 Å². The SMILES string of the molecule is COc1ccc(C#Cc2oc3c(C)c(C)cc(C)c3c2-c2c(C)cc(C)cc2C)cc1. The fourth-order valence-electron chi connectivity index (χ4n) is 4.46. The summed E-state index contributed by atoms with van der Waals surface area (Å²) in [4.78, 5) is 0. The van der Waals surface area contributed by atoms with Crippen molar-refractivity contribution in [3.05, 3.63) is 87.2 Å². The predicted octanol–water partition coefficient (Wildman–Crippen LogP) is 7.36. The Kier molecular flexibility index (Phi) is 5.38. The van der Waals surface area contributed by atoms with Gasteiger partial charge in [0.15, 0.2) is 5.76 Å². The molecule has 2 heteroatoms. The number of furan rings is 1. The molecule has 0 unspecified atom stereocenters. The Bertz CT molecular complexity index is 1330. The standard InChI is InChI=1S/C29H28O2/c1-17-14-19(3)26(20(4)15-17)28-25(13-10-23-8-11-24(30-7)12-9-23)31-29-22(6)18(2)16-21(5)27(28)29/h8-9,11-12,14-16H,1-7H3. The van der Waals surface area contributed by atoms with Crippen LogP contribution in [-0.2, 0) is 0 Å². The van der Waals surface area contributed by atoms with Gasteiger partial charge in [-0.3, -0.25) is 0 Å². The number of hydrogen-bond donors (Lipinski definition) is 0. The van der Waals surface area contributed by atoms with Crippen LogP contribution in [0.5, 0.6) is 5.75 Å². The van der Waals surface area contributed by atoms with Gasteiger partial charge in [-0.2, -0.15) is 0 Å². The van der Waals surface area contributed by atoms with Gasteiger partial charge < -0.3 is 9.15 Å². The summed E-state index contributed by atoms with van der Waals surface area (Å²) < 4.78 is 11.7. The van der Waals surface area contributed by atoms with E-state index in [-0.39, 0.29) is 0 Å². The second-order valence-corrected chi connectivity index (χ2v) is 8.40. The van der Waals surface area contributed by atoms with Gasteiger partial charge in [-0.1, -0.05) is 29.7 Å². The Balaban J connectivity index is 2.02. The number of methoxy groups -OCH3 is 1. The van der Waals surface area contributed by atoms with E-state index in [1.54, 1.807) is 7.11 Å². The van der Waals surface area contributed by atoms with Gasteiger partial charge in [0.05, 0.1) is 7.11 Å². The van der Waals surface area contributed by atoms with Crippen molar-refractivity contribution >= 4 is 11.0 Å². The summed E-state index contributed by atoms with van der Waals surface area (Å²) in [5.41, 5.74) is 11.5. The van der Waals surface area contributed by atoms with Crippen LogP contribution in [-0.4, -0.2) is 7.11 Å². The van der Waals surface area contributed by atoms with E-state index in [4.69, 9.17) is 9.15 Å². The normalized spacial score (nSPS) is 10.8. The van der Waals surface area contributed by atoms with Gasteiger partial charge in [0.1, 0.15) is 11.3 Å². The molecule has 4 rings (SSSR count). The first-order valence-electron chi connectivity index (χ1n) is 10.6. The Hall–Kier alpha value is -3.44. The Morgan fingerprint density at radius 1 is 0.710 bits per heavy atom. The fraction of sp³-hybridized carbons (Fsp3) is 0.241. The van der Waals surface area contributed by atoms with Crippen LogP contribution in [0, 0.1) is 53.4 Å². The predicted molar refractivity (Wildman–Crippen MR) is 129 cm³/mol. The molecule has 0 amide bonds. The summed E-state index contributed by atoms with van der Waals surface area (Å²) in [5, 5.41) is 1.16. The van der Waals surface area contributed by atoms with Crippen molar-refractivity contribution in [2.45, 2.75) is 41.5 Å². The molecular weight excluding hydrogens is 380 g/mol. The number of ether oxygens (including phenoxy) is 1. The fourth-order valence-corrected chi connectivity index (χ4v) is 4.46. The highest BCUT2D eigenvalue weighted by atomic mass is 16.5. The minimum Gasteiger partial charge on any atom is -0.497 e. The summed E-state index contributed by atoms with van der Waals surface area (Å²) >= 11 is 0. The number of benzene rings is 3. The molecule has 0 N–H and O–H groups in total. The van der Waals surface area contributed by atoms with Crippen LogP contribution in [0.1, 0.15) is 44.7 Å². The lowest BCUT2D eigenvalue weighted by Crippen LogP contribution is -1.93. The third-order valence-electron chi connectivity index (χ3n) is 6.01. The minimum atomic E-state index is 0.720. The zero-order chi connectivity index (χ0) is 22.3. The van der Waals surface area contributed by atoms with Gasteiger partial charge in [0.2, 0.25) is 0 Å². The smallest absolute Gasteiger partial charge is 0.186 e. The number of aryl methyl sites for hydroxylation is 6. The van der Waals surface area contributed by atoms with E-state index in [0.717, 1.165) is 33.6 Å². The minimum absolute atomic E-state index is 0.720. The monoisotopic (exact) mass is 408 g/mol. The van der Waals surface area contributed by atoms with E-state index in [2.05, 4.69) is 71.6 Å². The van der Waals surface area contributed by atoms with Crippen LogP contribution >= 0.6 is 0 Å². The highest BCUT2D eigenvalue weighted by Crippen LogP contribution is 2.41. The van der Waals surface area contributed by atoms with E-state index >= 15 is 0 Å². The molecule has 0 aliphatic heterocycles. The van der Waals surface area contributed by atoms with Crippen molar-refractivity contribution in [2.75, 3.05) is 7.11 Å². The average molecular weight is 409 g/mol. The molecule has 0 radical (unpaired) electrons. The molecule has 0 aliphatic carbocycles. The number of fused-ring (bicyclic) bond motifs is 1. The third-order valence-corrected chi connectivity index (χ3v) is 6.01. The summed E-state index contributed by atoms with van der Waals surface area (Å²) in [7, 11) is 1.67. The van der Waals surface area contributed by atoms with Crippen molar-refractivity contribution in [2.24, 2.45) is 0 Å². The second-order valence-electron chi connectivity index (χ2n) is 8.40. The van der Waals surface area contributed by atoms with E-state index in [9.17, 15) is 0 Å². The topological polar surface area (TPSA) is 22.4 Å². The lowest BCUT2D eigenvalue weighted by Gasteiger charge is -2.12. The average Bonchev–Trinajstić information content (AvgIpc) is 3.10. The number of rotatable bonds is 2. The molecule has 156 valence electrons. The molecule has 31 heavy (non-hydrogen) atoms. The van der Waals surface area contributed by atoms with Crippen LogP contribution in [0.15, 0.2) is 46.9 Å². The van der Waals surface area contributed by atoms with Gasteiger partial charge in [-0.05, 0) is 105 Å². The van der Waals surface area contributed by atoms with Crippen molar-refractivity contribution in [1.29, 1.82) is 0 Å². The van der Waals surface area contributed by atoms with Crippen LogP contribution < -0.4 is 4.74 Å². The Morgan fingerprint density at radius 2 is 1.35 bits per heavy atom. The van der Waals surface area contributed by atoms with E-state index in [1.807, 2.05) is 24.3 Å². The van der Waals surface area contributed by atoms with Crippen molar-refractivity contribution in [1.82, 2.24) is 0 Å². The molecule has 0 saturated carbocycles. The van der Waals surface area contributed by atoms with Gasteiger partial charge in [0.25, 0.3) is 0 Å². The molecule has 1 aromatic heterocycles. The van der Waals surface area contributed by atoms with Gasteiger partial charge >= 0.3 is 0 Å². The zero-order valence-corrected chi connectivity index (χ0v) is 19.4. The van der Waals surface area contributed by atoms with Crippen LogP contribution in [0.2, 0.25) is 0 Å². The van der Waals surface area contributed by atoms with Crippen LogP contribution in [0.4, 0.5) is 0 Å². The quantitative estimate of drug-likeness (QED) is 0.323. The van der Waals surface area contributed by atoms with Gasteiger partial charge in [-0.15, -0.1) is 0 Å². The van der Waals surface area contributed by atoms with Crippen LogP contribution in [0.25, 0.3) is 22.1 Å². The maximum Gasteiger partial charge on any atom is 0.186 e. The molecule has 1 heterocycles. The maximum absolute atomic E-state index is 6.45. The molecule has 3 aromatic carbocycles. The zero-order valence-electron chi connectivity index (χ0n) is 19.4. The highest BCUT2D eigenvalue weighted by molar-refractivity contribution is 6.02. The largest absolute Gasteiger partial charge is 0.497 e. The molecule has 0 aliphatic rings. The molecule has 0 fully saturated rings. The molecular formula is C29H28O2. The molecule has 0 spiro atoms. The van der Waals surface area contributed by atoms with Gasteiger partial charge in [0, 0.05) is 16.5 Å². The first-order valence-corrected chi connectivity index (χ1v) is 10.6. The van der Waals surface area contributed by atoms with Crippen LogP contribution in [0.3, 0.4) is 0 Å². The number of hydrogen-bond acceptors (Lipinski definition) is 2. The van der Waals surface area contributed by atoms with Crippen molar-refractivity contribution < 1.29 is 9.15 Å². The van der Waals surface area contributed by atoms with Crippen molar-refractivity contribution in [3.8, 4) is 28.7 Å². The lowest BCUT2D eigenvalue weighted by molar-refractivity contribution is 0.415. The van der Waals surface area contributed by atoms with E-state index in [0.29, 0.717) is 0 Å². The first kappa shape index (κ1) is 20.8. The lowest BCUT2D eigenvalue weighted by atomic mass is 9.89. The molecule has 0 saturated heterocycles. The Morgan fingerprint density at radius 3 is 1.97 bits per heavy atom. The van der Waals surface area contributed by atoms with E-state index < -0.39 is 0 Å². The molecule has 0 atom stereocenters.